The molecule has 91 heavy (non-hydrogen) atoms. The molecule has 0 bridgehead atoms. The Morgan fingerprint density at radius 1 is 0.352 bits per heavy atom. The number of primary amides is 1. The summed E-state index contributed by atoms with van der Waals surface area (Å²) >= 11 is 0. The number of hydrogen-bond donors (Lipinski definition) is 8. The molecular weight excluding hydrogens is 1220 g/mol. The number of nitrogens with two attached hydrogens (primary N) is 1. The minimum atomic E-state index is -4.59. The Morgan fingerprint density at radius 2 is 0.604 bits per heavy atom. The third kappa shape index (κ3) is 15.3. The van der Waals surface area contributed by atoms with E-state index in [0.717, 1.165) is 5.56 Å². The molecule has 0 atom stereocenters. The van der Waals surface area contributed by atoms with Crippen LogP contribution < -0.4 is 35.3 Å². The van der Waals surface area contributed by atoms with Crippen LogP contribution in [0.5, 0.6) is 34.5 Å². The molecule has 3 aromatic heterocycles. The van der Waals surface area contributed by atoms with Gasteiger partial charge in [-0.3, -0.25) is 9.35 Å². The van der Waals surface area contributed by atoms with Crippen molar-refractivity contribution in [3.05, 3.63) is 223 Å². The fraction of sp³-hybridized carbons (Fsp3) is 0.0154. The molecule has 0 spiro atoms. The van der Waals surface area contributed by atoms with E-state index in [-0.39, 0.29) is 120 Å². The summed E-state index contributed by atoms with van der Waals surface area (Å²) in [5, 5.41) is 61.6. The van der Waals surface area contributed by atoms with Crippen molar-refractivity contribution in [1.29, 1.82) is 0 Å². The number of phenols is 6. The van der Waals surface area contributed by atoms with Gasteiger partial charge in [0.2, 0.25) is 5.91 Å². The fourth-order valence-electron chi connectivity index (χ4n) is 8.71. The average Bonchev–Trinajstić information content (AvgIpc) is 1.53. The normalized spacial score (nSPS) is 11.0. The van der Waals surface area contributed by atoms with Crippen LogP contribution >= 0.6 is 0 Å². The molecule has 0 aliphatic carbocycles. The van der Waals surface area contributed by atoms with Gasteiger partial charge in [-0.1, -0.05) is 78.9 Å². The summed E-state index contributed by atoms with van der Waals surface area (Å²) in [5.41, 5.74) is 10.4. The van der Waals surface area contributed by atoms with Gasteiger partial charge >= 0.3 is 29.6 Å². The first-order valence-corrected chi connectivity index (χ1v) is 29.5. The van der Waals surface area contributed by atoms with Gasteiger partial charge in [-0.05, 0) is 146 Å². The van der Waals surface area contributed by atoms with E-state index >= 15 is 0 Å². The van der Waals surface area contributed by atoms with Gasteiger partial charge in [0.05, 0.1) is 43.2 Å². The van der Waals surface area contributed by atoms with Crippen LogP contribution in [0.4, 0.5) is 0 Å². The summed E-state index contributed by atoms with van der Waals surface area (Å²) in [6, 6.07) is 55.1. The summed E-state index contributed by atoms with van der Waals surface area (Å²) < 4.78 is 65.4. The van der Waals surface area contributed by atoms with Crippen molar-refractivity contribution in [2.24, 2.45) is 5.73 Å². The molecule has 0 saturated heterocycles. The summed E-state index contributed by atoms with van der Waals surface area (Å²) in [6.45, 7) is 1.83. The molecule has 12 aromatic rings. The van der Waals surface area contributed by atoms with Crippen LogP contribution in [0.15, 0.2) is 222 Å². The quantitative estimate of drug-likeness (QED) is 0.0435. The van der Waals surface area contributed by atoms with Gasteiger partial charge < -0.3 is 40.9 Å². The molecule has 448 valence electrons. The Bertz CT molecular complexity index is 4790. The summed E-state index contributed by atoms with van der Waals surface area (Å²) in [4.78, 5) is 50.6. The first kappa shape index (κ1) is 64.6. The monoisotopic (exact) mass is 1260 g/mol. The van der Waals surface area contributed by atoms with E-state index < -0.39 is 26.1 Å². The molecule has 9 aromatic carbocycles. The number of phenolic OH excluding ortho intramolecular Hbond substituents is 6. The van der Waals surface area contributed by atoms with Crippen LogP contribution in [-0.2, 0) is 20.2 Å². The Balaban J connectivity index is 0.000000161. The maximum Gasteiger partial charge on any atom is 1.00 e. The van der Waals surface area contributed by atoms with E-state index in [9.17, 15) is 61.4 Å². The van der Waals surface area contributed by atoms with Crippen molar-refractivity contribution in [2.75, 3.05) is 0 Å². The third-order valence-corrected chi connectivity index (χ3v) is 15.0. The molecule has 0 saturated carbocycles. The molecule has 23 nitrogen and oxygen atoms in total. The van der Waals surface area contributed by atoms with Crippen molar-refractivity contribution in [1.82, 2.24) is 44.9 Å². The standard InChI is InChI=1S/C22H16N4O3.C22H17N3O5S.C21H15N3O5S.Na/c23-19(29)13-9-11-14(12-10-13)20-24-21(15-5-1-3-7-17(15)27)26-22(25-20)16-6-2-4-8-18(16)28;1-13-6-11-17(19(27)12-13)22-24-20(14-7-9-15(10-8-14)31(28,29)30)23-21(25-22)16-4-2-3-5-18(16)26;25-17-7-3-1-5-15(17)20-22-19(13-9-11-14(12-10-13)30(27,28)29)23-21(24-20)16-6-2-4-8-18(16)26;/h1-12,27-28H,(H2,23,29);2-12,26-27H,1H3,(H,28,29,30);1-12,25-26H,(H,27,28,29);/q;;;+1/p-1. The Hall–Kier alpha value is -10.9. The molecule has 26 heteroatoms. The molecule has 9 N–H and O–H groups in total. The van der Waals surface area contributed by atoms with Gasteiger partial charge in [-0.2, -0.15) is 8.42 Å². The number of hydrogen-bond acceptors (Lipinski definition) is 21. The second kappa shape index (κ2) is 27.6. The van der Waals surface area contributed by atoms with E-state index in [2.05, 4.69) is 44.9 Å². The Kier molecular flexibility index (Phi) is 19.6. The molecular formula is C65H47N10NaO13S2. The molecule has 3 heterocycles. The first-order chi connectivity index (χ1) is 43.1. The fourth-order valence-corrected chi connectivity index (χ4v) is 9.66. The van der Waals surface area contributed by atoms with Gasteiger partial charge in [0.1, 0.15) is 44.6 Å². The van der Waals surface area contributed by atoms with Crippen LogP contribution in [0.2, 0.25) is 0 Å². The number of benzene rings is 9. The van der Waals surface area contributed by atoms with E-state index in [1.54, 1.807) is 146 Å². The number of amides is 1. The average molecular weight is 1260 g/mol. The predicted octanol–water partition coefficient (Wildman–Crippen LogP) is 7.41. The third-order valence-electron chi connectivity index (χ3n) is 13.3. The van der Waals surface area contributed by atoms with Crippen molar-refractivity contribution in [3.63, 3.8) is 0 Å². The molecule has 1 amide bonds. The van der Waals surface area contributed by atoms with Crippen LogP contribution in [0, 0.1) is 6.92 Å². The van der Waals surface area contributed by atoms with Gasteiger partial charge in [0.25, 0.3) is 10.1 Å². The summed E-state index contributed by atoms with van der Waals surface area (Å²) in [6.07, 6.45) is 0. The van der Waals surface area contributed by atoms with E-state index in [4.69, 9.17) is 5.73 Å². The minimum absolute atomic E-state index is 0. The largest absolute Gasteiger partial charge is 1.00 e. The molecule has 12 rings (SSSR count). The second-order valence-corrected chi connectivity index (χ2v) is 22.2. The van der Waals surface area contributed by atoms with Gasteiger partial charge in [0.15, 0.2) is 52.4 Å². The zero-order chi connectivity index (χ0) is 63.9. The number of aromatic hydroxyl groups is 6. The zero-order valence-corrected chi connectivity index (χ0v) is 51.3. The smallest absolute Gasteiger partial charge is 0.744 e. The maximum absolute atomic E-state index is 11.3. The Labute approximate surface area is 541 Å². The van der Waals surface area contributed by atoms with Crippen LogP contribution in [-0.4, -0.2) is 107 Å². The molecule has 0 aliphatic rings. The molecule has 0 unspecified atom stereocenters. The first-order valence-electron chi connectivity index (χ1n) is 26.6. The van der Waals surface area contributed by atoms with Crippen LogP contribution in [0.1, 0.15) is 15.9 Å². The zero-order valence-electron chi connectivity index (χ0n) is 47.7. The minimum Gasteiger partial charge on any atom is -0.744 e. The Morgan fingerprint density at radius 3 is 0.857 bits per heavy atom. The topological polar surface area (TPSA) is 392 Å². The van der Waals surface area contributed by atoms with Crippen molar-refractivity contribution < 1.29 is 90.9 Å². The number of aryl methyl sites for hydroxylation is 1. The number of carbonyl (C=O) groups is 1. The number of aromatic nitrogens is 9. The van der Waals surface area contributed by atoms with Crippen LogP contribution in [0.25, 0.3) is 102 Å². The summed E-state index contributed by atoms with van der Waals surface area (Å²) in [5.74, 6) is 1.31. The van der Waals surface area contributed by atoms with Gasteiger partial charge in [-0.25, -0.2) is 53.3 Å². The van der Waals surface area contributed by atoms with E-state index in [0.29, 0.717) is 61.5 Å². The van der Waals surface area contributed by atoms with Crippen molar-refractivity contribution in [2.45, 2.75) is 16.7 Å². The molecule has 0 fully saturated rings. The SMILES string of the molecule is Cc1ccc(-c2nc(-c3ccc(S(=O)(=O)[O-])cc3)nc(-c3ccccc3O)n2)c(O)c1.NC(=O)c1ccc(-c2nc(-c3ccccc3O)nc(-c3ccccc3O)n2)cc1.O=S(=O)(O)c1ccc(-c2nc(-c3ccccc3O)nc(-c3ccccc3O)n2)cc1.[Na+]. The van der Waals surface area contributed by atoms with Crippen molar-refractivity contribution in [3.8, 4) is 137 Å². The maximum atomic E-state index is 11.3. The van der Waals surface area contributed by atoms with Gasteiger partial charge in [0, 0.05) is 22.3 Å². The van der Waals surface area contributed by atoms with E-state index in [1.165, 1.54) is 66.7 Å². The van der Waals surface area contributed by atoms with Crippen LogP contribution in [0.3, 0.4) is 0 Å². The molecule has 0 aliphatic heterocycles. The van der Waals surface area contributed by atoms with E-state index in [1.807, 2.05) is 6.92 Å². The number of para-hydroxylation sites is 5. The number of nitrogens with zero attached hydrogens (tertiary/aromatic N) is 9. The number of rotatable bonds is 12. The summed E-state index contributed by atoms with van der Waals surface area (Å²) in [7, 11) is -8.92. The predicted molar refractivity (Wildman–Crippen MR) is 329 cm³/mol. The molecule has 0 radical (unpaired) electrons. The number of carbonyl (C=O) groups excluding carboxylic acids is 1. The second-order valence-electron chi connectivity index (χ2n) is 19.4. The van der Waals surface area contributed by atoms with Crippen molar-refractivity contribution >= 4 is 26.1 Å². The van der Waals surface area contributed by atoms with Gasteiger partial charge in [-0.15, -0.1) is 0 Å².